The average molecular weight is 343 g/mol. The van der Waals surface area contributed by atoms with Crippen LogP contribution in [-0.4, -0.2) is 32.7 Å². The lowest BCUT2D eigenvalue weighted by Gasteiger charge is -2.11. The van der Waals surface area contributed by atoms with E-state index in [0.29, 0.717) is 22.7 Å². The molecule has 0 aromatic heterocycles. The van der Waals surface area contributed by atoms with Gasteiger partial charge in [0.05, 0.1) is 19.8 Å². The third-order valence-corrected chi connectivity index (χ3v) is 3.60. The molecule has 0 fully saturated rings. The van der Waals surface area contributed by atoms with Crippen molar-refractivity contribution in [1.29, 1.82) is 0 Å². The molecule has 0 heterocycles. The molecule has 2 aromatic carbocycles. The number of methoxy groups -OCH3 is 2. The zero-order chi connectivity index (χ0) is 18.2. The van der Waals surface area contributed by atoms with Gasteiger partial charge in [0, 0.05) is 11.8 Å². The highest BCUT2D eigenvalue weighted by Crippen LogP contribution is 2.29. The molecule has 6 heteroatoms. The second-order valence-electron chi connectivity index (χ2n) is 5.24. The maximum Gasteiger partial charge on any atom is 0.338 e. The van der Waals surface area contributed by atoms with Gasteiger partial charge in [-0.2, -0.15) is 0 Å². The van der Waals surface area contributed by atoms with E-state index in [0.717, 1.165) is 12.0 Å². The molecule has 0 aliphatic heterocycles. The Morgan fingerprint density at radius 3 is 2.24 bits per heavy atom. The Morgan fingerprint density at radius 2 is 1.64 bits per heavy atom. The van der Waals surface area contributed by atoms with E-state index in [1.165, 1.54) is 14.2 Å². The van der Waals surface area contributed by atoms with E-state index in [2.05, 4.69) is 5.32 Å². The van der Waals surface area contributed by atoms with Crippen LogP contribution in [0.4, 0.5) is 5.69 Å². The number of hydrogen-bond acceptors (Lipinski definition) is 5. The number of hydrogen-bond donors (Lipinski definition) is 1. The summed E-state index contributed by atoms with van der Waals surface area (Å²) in [5.74, 6) is 0.0756. The topological polar surface area (TPSA) is 73.9 Å². The van der Waals surface area contributed by atoms with Crippen LogP contribution in [0.1, 0.15) is 22.8 Å². The number of esters is 1. The van der Waals surface area contributed by atoms with Gasteiger partial charge in [-0.3, -0.25) is 4.79 Å². The Morgan fingerprint density at radius 1 is 0.960 bits per heavy atom. The van der Waals surface area contributed by atoms with Crippen LogP contribution in [0.5, 0.6) is 11.5 Å². The van der Waals surface area contributed by atoms with E-state index in [4.69, 9.17) is 14.2 Å². The van der Waals surface area contributed by atoms with Crippen molar-refractivity contribution in [3.05, 3.63) is 53.6 Å². The summed E-state index contributed by atoms with van der Waals surface area (Å²) in [5, 5.41) is 2.64. The molecule has 1 N–H and O–H groups in total. The van der Waals surface area contributed by atoms with Crippen LogP contribution in [-0.2, 0) is 16.0 Å². The van der Waals surface area contributed by atoms with Crippen molar-refractivity contribution in [1.82, 2.24) is 0 Å². The lowest BCUT2D eigenvalue weighted by Crippen LogP contribution is -2.21. The van der Waals surface area contributed by atoms with Crippen LogP contribution < -0.4 is 14.8 Å². The van der Waals surface area contributed by atoms with Crippen molar-refractivity contribution >= 4 is 17.6 Å². The number of anilines is 1. The largest absolute Gasteiger partial charge is 0.493 e. The molecule has 0 aliphatic rings. The number of carbonyl (C=O) groups is 2. The first kappa shape index (κ1) is 18.3. The summed E-state index contributed by atoms with van der Waals surface area (Å²) in [6.07, 6.45) is 0.892. The molecule has 0 spiro atoms. The maximum absolute atomic E-state index is 11.9. The van der Waals surface area contributed by atoms with Gasteiger partial charge in [0.15, 0.2) is 18.1 Å². The van der Waals surface area contributed by atoms with Crippen LogP contribution in [0.15, 0.2) is 42.5 Å². The van der Waals surface area contributed by atoms with Gasteiger partial charge in [-0.1, -0.05) is 19.1 Å². The number of rotatable bonds is 7. The Hall–Kier alpha value is -3.02. The average Bonchev–Trinajstić information content (AvgIpc) is 2.66. The van der Waals surface area contributed by atoms with Gasteiger partial charge in [0.2, 0.25) is 0 Å². The van der Waals surface area contributed by atoms with E-state index in [1.54, 1.807) is 30.3 Å². The quantitative estimate of drug-likeness (QED) is 0.782. The fraction of sp³-hybridized carbons (Fsp3) is 0.263. The molecule has 0 unspecified atom stereocenters. The zero-order valence-corrected chi connectivity index (χ0v) is 14.5. The smallest absolute Gasteiger partial charge is 0.338 e. The van der Waals surface area contributed by atoms with Crippen LogP contribution in [0.25, 0.3) is 0 Å². The minimum Gasteiger partial charge on any atom is -0.493 e. The molecule has 1 amide bonds. The third kappa shape index (κ3) is 4.97. The minimum absolute atomic E-state index is 0.372. The van der Waals surface area contributed by atoms with Gasteiger partial charge in [-0.25, -0.2) is 4.79 Å². The lowest BCUT2D eigenvalue weighted by molar-refractivity contribution is -0.119. The number of benzene rings is 2. The predicted molar refractivity (Wildman–Crippen MR) is 94.3 cm³/mol. The molecule has 132 valence electrons. The van der Waals surface area contributed by atoms with E-state index in [9.17, 15) is 9.59 Å². The first-order valence-electron chi connectivity index (χ1n) is 7.85. The van der Waals surface area contributed by atoms with Gasteiger partial charge in [0.1, 0.15) is 0 Å². The van der Waals surface area contributed by atoms with E-state index in [1.807, 2.05) is 19.1 Å². The molecule has 0 saturated heterocycles. The fourth-order valence-electron chi connectivity index (χ4n) is 2.20. The van der Waals surface area contributed by atoms with Gasteiger partial charge in [0.25, 0.3) is 5.91 Å². The Balaban J connectivity index is 1.90. The number of aryl methyl sites for hydroxylation is 1. The summed E-state index contributed by atoms with van der Waals surface area (Å²) >= 11 is 0. The molecular weight excluding hydrogens is 322 g/mol. The van der Waals surface area contributed by atoms with Gasteiger partial charge >= 0.3 is 5.97 Å². The fourth-order valence-corrected chi connectivity index (χ4v) is 2.20. The first-order valence-corrected chi connectivity index (χ1v) is 7.85. The van der Waals surface area contributed by atoms with Gasteiger partial charge in [-0.15, -0.1) is 0 Å². The van der Waals surface area contributed by atoms with Crippen molar-refractivity contribution in [2.75, 3.05) is 26.1 Å². The second-order valence-corrected chi connectivity index (χ2v) is 5.24. The van der Waals surface area contributed by atoms with Crippen molar-refractivity contribution in [2.24, 2.45) is 0 Å². The number of nitrogens with one attached hydrogen (secondary N) is 1. The zero-order valence-electron chi connectivity index (χ0n) is 14.5. The molecule has 6 nitrogen and oxygen atoms in total. The molecule has 2 aromatic rings. The van der Waals surface area contributed by atoms with Crippen molar-refractivity contribution in [2.45, 2.75) is 13.3 Å². The normalized spacial score (nSPS) is 10.0. The molecular formula is C19H21NO5. The summed E-state index contributed by atoms with van der Waals surface area (Å²) in [4.78, 5) is 23.9. The van der Waals surface area contributed by atoms with Crippen molar-refractivity contribution < 1.29 is 23.8 Å². The van der Waals surface area contributed by atoms with Crippen molar-refractivity contribution in [3.63, 3.8) is 0 Å². The summed E-state index contributed by atoms with van der Waals surface area (Å²) in [6, 6.07) is 12.1. The highest BCUT2D eigenvalue weighted by atomic mass is 16.5. The summed E-state index contributed by atoms with van der Waals surface area (Å²) in [6.45, 7) is 1.66. The van der Waals surface area contributed by atoms with Crippen LogP contribution >= 0.6 is 0 Å². The third-order valence-electron chi connectivity index (χ3n) is 3.60. The molecule has 0 bridgehead atoms. The van der Waals surface area contributed by atoms with Gasteiger partial charge < -0.3 is 19.5 Å². The number of amides is 1. The van der Waals surface area contributed by atoms with E-state index < -0.39 is 11.9 Å². The molecule has 0 saturated carbocycles. The SMILES string of the molecule is CCc1ccc(C(=O)OCC(=O)Nc2ccc(OC)c(OC)c2)cc1. The first-order chi connectivity index (χ1) is 12.1. The van der Waals surface area contributed by atoms with Crippen LogP contribution in [0, 0.1) is 0 Å². The van der Waals surface area contributed by atoms with Crippen molar-refractivity contribution in [3.8, 4) is 11.5 Å². The Bertz CT molecular complexity index is 740. The monoisotopic (exact) mass is 343 g/mol. The van der Waals surface area contributed by atoms with Gasteiger partial charge in [-0.05, 0) is 36.2 Å². The minimum atomic E-state index is -0.537. The highest BCUT2D eigenvalue weighted by molar-refractivity contribution is 5.95. The standard InChI is InChI=1S/C19H21NO5/c1-4-13-5-7-14(8-6-13)19(22)25-12-18(21)20-15-9-10-16(23-2)17(11-15)24-3/h5-11H,4,12H2,1-3H3,(H,20,21). The van der Waals surface area contributed by atoms with Crippen LogP contribution in [0.2, 0.25) is 0 Å². The molecule has 2 rings (SSSR count). The highest BCUT2D eigenvalue weighted by Gasteiger charge is 2.11. The molecule has 0 radical (unpaired) electrons. The number of ether oxygens (including phenoxy) is 3. The summed E-state index contributed by atoms with van der Waals surface area (Å²) in [7, 11) is 3.04. The molecule has 0 atom stereocenters. The predicted octanol–water partition coefficient (Wildman–Crippen LogP) is 3.06. The second kappa shape index (κ2) is 8.73. The maximum atomic E-state index is 11.9. The van der Waals surface area contributed by atoms with E-state index in [-0.39, 0.29) is 6.61 Å². The van der Waals surface area contributed by atoms with Crippen LogP contribution in [0.3, 0.4) is 0 Å². The molecule has 0 aliphatic carbocycles. The summed E-state index contributed by atoms with van der Waals surface area (Å²) < 4.78 is 15.3. The summed E-state index contributed by atoms with van der Waals surface area (Å²) in [5.41, 5.74) is 2.06. The Labute approximate surface area is 146 Å². The number of carbonyl (C=O) groups excluding carboxylic acids is 2. The molecule has 25 heavy (non-hydrogen) atoms. The van der Waals surface area contributed by atoms with E-state index >= 15 is 0 Å². The lowest BCUT2D eigenvalue weighted by atomic mass is 10.1. The Kier molecular flexibility index (Phi) is 6.39.